The van der Waals surface area contributed by atoms with Crippen LogP contribution in [0.15, 0.2) is 22.4 Å². The lowest BCUT2D eigenvalue weighted by Crippen LogP contribution is -2.36. The zero-order valence-corrected chi connectivity index (χ0v) is 15.6. The molecule has 0 bridgehead atoms. The number of carbonyl (C=O) groups is 2. The summed E-state index contributed by atoms with van der Waals surface area (Å²) in [5.74, 6) is -1.05. The second-order valence-corrected chi connectivity index (χ2v) is 6.09. The summed E-state index contributed by atoms with van der Waals surface area (Å²) in [5.41, 5.74) is 32.6. The normalized spacial score (nSPS) is 12.6. The predicted octanol–water partition coefficient (Wildman–Crippen LogP) is -2.40. The van der Waals surface area contributed by atoms with E-state index in [1.165, 1.54) is 12.4 Å². The Morgan fingerprint density at radius 1 is 0.786 bits per heavy atom. The molecular formula is C16H28N10O2. The molecule has 0 saturated carbocycles. The van der Waals surface area contributed by atoms with Gasteiger partial charge in [0.1, 0.15) is 11.4 Å². The van der Waals surface area contributed by atoms with Crippen LogP contribution >= 0.6 is 0 Å². The standard InChI is InChI=1S/C16H28N10O2/c17-9(3-1-5-25-15(19)20)13(27)11-12(24-8-7-23-11)14(28)10(18)4-2-6-26-16(21)22/h7-10H,1-6,17-18H2,(H4,19,20,25)(H4,21,22,26)/t9-,10-/m0/s1. The smallest absolute Gasteiger partial charge is 0.200 e. The summed E-state index contributed by atoms with van der Waals surface area (Å²) in [6.45, 7) is 0.687. The summed E-state index contributed by atoms with van der Waals surface area (Å²) in [4.78, 5) is 40.8. The minimum Gasteiger partial charge on any atom is -0.370 e. The fourth-order valence-corrected chi connectivity index (χ4v) is 2.35. The van der Waals surface area contributed by atoms with Gasteiger partial charge in [0.05, 0.1) is 12.1 Å². The van der Waals surface area contributed by atoms with Crippen LogP contribution in [0.2, 0.25) is 0 Å². The number of nitrogens with zero attached hydrogens (tertiary/aromatic N) is 4. The van der Waals surface area contributed by atoms with Crippen LogP contribution in [-0.4, -0.2) is 58.6 Å². The molecule has 1 heterocycles. The highest BCUT2D eigenvalue weighted by molar-refractivity contribution is 6.09. The van der Waals surface area contributed by atoms with E-state index in [2.05, 4.69) is 20.0 Å². The maximum Gasteiger partial charge on any atom is 0.200 e. The zero-order chi connectivity index (χ0) is 21.1. The van der Waals surface area contributed by atoms with Crippen LogP contribution in [0.25, 0.3) is 0 Å². The molecule has 2 atom stereocenters. The fourth-order valence-electron chi connectivity index (χ4n) is 2.35. The molecule has 12 heteroatoms. The van der Waals surface area contributed by atoms with Crippen LogP contribution in [0.4, 0.5) is 0 Å². The van der Waals surface area contributed by atoms with Gasteiger partial charge >= 0.3 is 0 Å². The number of aromatic nitrogens is 2. The van der Waals surface area contributed by atoms with Gasteiger partial charge in [0.15, 0.2) is 23.5 Å². The number of aliphatic imine (C=N–C) groups is 2. The van der Waals surface area contributed by atoms with Crippen molar-refractivity contribution in [2.75, 3.05) is 13.1 Å². The maximum atomic E-state index is 12.6. The molecule has 0 spiro atoms. The maximum absolute atomic E-state index is 12.6. The van der Waals surface area contributed by atoms with Gasteiger partial charge in [-0.25, -0.2) is 9.97 Å². The second kappa shape index (κ2) is 11.6. The first-order valence-electron chi connectivity index (χ1n) is 8.75. The largest absolute Gasteiger partial charge is 0.370 e. The molecule has 0 aliphatic heterocycles. The van der Waals surface area contributed by atoms with E-state index in [-0.39, 0.29) is 23.3 Å². The summed E-state index contributed by atoms with van der Waals surface area (Å²) >= 11 is 0. The van der Waals surface area contributed by atoms with Gasteiger partial charge in [-0.05, 0) is 25.7 Å². The lowest BCUT2D eigenvalue weighted by Gasteiger charge is -2.14. The predicted molar refractivity (Wildman–Crippen MR) is 106 cm³/mol. The molecule has 0 amide bonds. The molecule has 1 rings (SSSR count). The first kappa shape index (κ1) is 22.9. The number of rotatable bonds is 12. The molecule has 1 aromatic rings. The number of guanidine groups is 2. The number of carbonyl (C=O) groups excluding carboxylic acids is 2. The summed E-state index contributed by atoms with van der Waals surface area (Å²) < 4.78 is 0. The van der Waals surface area contributed by atoms with Crippen LogP contribution in [0.3, 0.4) is 0 Å². The van der Waals surface area contributed by atoms with E-state index >= 15 is 0 Å². The van der Waals surface area contributed by atoms with Crippen LogP contribution in [-0.2, 0) is 0 Å². The highest BCUT2D eigenvalue weighted by atomic mass is 16.1. The third-order valence-electron chi connectivity index (χ3n) is 3.77. The SMILES string of the molecule is NC(N)=NCCC[C@H](N)C(=O)c1nccnc1C(=O)[C@@H](N)CCCN=C(N)N. The van der Waals surface area contributed by atoms with E-state index < -0.39 is 23.7 Å². The summed E-state index contributed by atoms with van der Waals surface area (Å²) in [7, 11) is 0. The first-order valence-corrected chi connectivity index (χ1v) is 8.75. The number of Topliss-reactive ketones (excluding diaryl/α,β-unsaturated/α-hetero) is 2. The van der Waals surface area contributed by atoms with Gasteiger partial charge in [-0.3, -0.25) is 19.6 Å². The van der Waals surface area contributed by atoms with Crippen LogP contribution in [0, 0.1) is 0 Å². The molecule has 1 aromatic heterocycles. The highest BCUT2D eigenvalue weighted by Gasteiger charge is 2.27. The van der Waals surface area contributed by atoms with Crippen molar-refractivity contribution in [3.63, 3.8) is 0 Å². The van der Waals surface area contributed by atoms with Crippen molar-refractivity contribution in [2.45, 2.75) is 37.8 Å². The van der Waals surface area contributed by atoms with E-state index in [4.69, 9.17) is 34.4 Å². The van der Waals surface area contributed by atoms with Gasteiger partial charge < -0.3 is 34.4 Å². The zero-order valence-electron chi connectivity index (χ0n) is 15.6. The van der Waals surface area contributed by atoms with Crippen molar-refractivity contribution in [2.24, 2.45) is 44.4 Å². The van der Waals surface area contributed by atoms with Crippen molar-refractivity contribution in [1.29, 1.82) is 0 Å². The average molecular weight is 392 g/mol. The summed E-state index contributed by atoms with van der Waals surface area (Å²) in [6.07, 6.45) is 4.28. The summed E-state index contributed by atoms with van der Waals surface area (Å²) in [5, 5.41) is 0. The molecule has 12 nitrogen and oxygen atoms in total. The van der Waals surface area contributed by atoms with Gasteiger partial charge in [-0.15, -0.1) is 0 Å². The minimum absolute atomic E-state index is 0.0319. The average Bonchev–Trinajstić information content (AvgIpc) is 2.66. The van der Waals surface area contributed by atoms with Crippen LogP contribution in [0.1, 0.15) is 46.7 Å². The summed E-state index contributed by atoms with van der Waals surface area (Å²) in [6, 6.07) is -1.73. The number of nitrogens with two attached hydrogens (primary N) is 6. The highest BCUT2D eigenvalue weighted by Crippen LogP contribution is 2.12. The van der Waals surface area contributed by atoms with Gasteiger partial charge in [0.2, 0.25) is 0 Å². The Bertz CT molecular complexity index is 665. The molecule has 0 aliphatic carbocycles. The third-order valence-corrected chi connectivity index (χ3v) is 3.77. The van der Waals surface area contributed by atoms with Crippen molar-refractivity contribution in [3.05, 3.63) is 23.8 Å². The van der Waals surface area contributed by atoms with Gasteiger partial charge in [-0.1, -0.05) is 0 Å². The van der Waals surface area contributed by atoms with E-state index in [0.717, 1.165) is 0 Å². The van der Waals surface area contributed by atoms with E-state index in [9.17, 15) is 9.59 Å². The lowest BCUT2D eigenvalue weighted by atomic mass is 9.98. The molecule has 28 heavy (non-hydrogen) atoms. The Morgan fingerprint density at radius 2 is 1.14 bits per heavy atom. The van der Waals surface area contributed by atoms with Crippen molar-refractivity contribution < 1.29 is 9.59 Å². The quantitative estimate of drug-likeness (QED) is 0.0952. The van der Waals surface area contributed by atoms with Gasteiger partial charge in [-0.2, -0.15) is 0 Å². The molecule has 0 saturated heterocycles. The lowest BCUT2D eigenvalue weighted by molar-refractivity contribution is 0.0915. The second-order valence-electron chi connectivity index (χ2n) is 6.09. The molecule has 154 valence electrons. The van der Waals surface area contributed by atoms with Crippen LogP contribution < -0.4 is 34.4 Å². The van der Waals surface area contributed by atoms with E-state index in [1.54, 1.807) is 0 Å². The molecule has 0 radical (unpaired) electrons. The Kier molecular flexibility index (Phi) is 9.47. The van der Waals surface area contributed by atoms with Crippen LogP contribution in [0.5, 0.6) is 0 Å². The fraction of sp³-hybridized carbons (Fsp3) is 0.500. The molecule has 0 aliphatic rings. The van der Waals surface area contributed by atoms with E-state index in [0.29, 0.717) is 38.8 Å². The number of ketones is 2. The molecular weight excluding hydrogens is 364 g/mol. The Balaban J connectivity index is 2.76. The number of hydrogen-bond donors (Lipinski definition) is 6. The number of hydrogen-bond acceptors (Lipinski definition) is 8. The molecule has 12 N–H and O–H groups in total. The Morgan fingerprint density at radius 3 is 1.46 bits per heavy atom. The van der Waals surface area contributed by atoms with Crippen molar-refractivity contribution in [1.82, 2.24) is 9.97 Å². The van der Waals surface area contributed by atoms with Crippen molar-refractivity contribution >= 4 is 23.5 Å². The Labute approximate surface area is 162 Å². The topological polar surface area (TPSA) is 241 Å². The molecule has 0 unspecified atom stereocenters. The Hall–Kier alpha value is -3.12. The molecule has 0 fully saturated rings. The third kappa shape index (κ3) is 7.63. The van der Waals surface area contributed by atoms with Gasteiger partial charge in [0.25, 0.3) is 0 Å². The van der Waals surface area contributed by atoms with E-state index in [1.807, 2.05) is 0 Å². The van der Waals surface area contributed by atoms with Crippen molar-refractivity contribution in [3.8, 4) is 0 Å². The minimum atomic E-state index is -0.865. The monoisotopic (exact) mass is 392 g/mol. The van der Waals surface area contributed by atoms with Gasteiger partial charge in [0, 0.05) is 25.5 Å². The first-order chi connectivity index (χ1) is 13.2. The molecule has 0 aromatic carbocycles.